The van der Waals surface area contributed by atoms with Crippen molar-refractivity contribution in [1.82, 2.24) is 24.8 Å². The summed E-state index contributed by atoms with van der Waals surface area (Å²) in [5.74, 6) is 0.439. The van der Waals surface area contributed by atoms with E-state index in [9.17, 15) is 9.18 Å². The van der Waals surface area contributed by atoms with Crippen molar-refractivity contribution in [2.24, 2.45) is 0 Å². The molecular weight excluding hydrogens is 357 g/mol. The number of amides is 2. The molecular formula is C21H24FN5O. The van der Waals surface area contributed by atoms with Crippen LogP contribution < -0.4 is 5.32 Å². The average Bonchev–Trinajstić information content (AvgIpc) is 3.15. The zero-order valence-electron chi connectivity index (χ0n) is 15.9. The number of nitrogens with zero attached hydrogens (tertiary/aromatic N) is 4. The molecule has 6 nitrogen and oxygen atoms in total. The van der Waals surface area contributed by atoms with Crippen LogP contribution in [0.2, 0.25) is 0 Å². The molecule has 1 N–H and O–H groups in total. The minimum Gasteiger partial charge on any atom is -0.338 e. The van der Waals surface area contributed by atoms with Crippen molar-refractivity contribution in [3.8, 4) is 0 Å². The van der Waals surface area contributed by atoms with Crippen LogP contribution in [0.1, 0.15) is 30.3 Å². The molecule has 0 aliphatic rings. The molecule has 146 valence electrons. The van der Waals surface area contributed by atoms with Gasteiger partial charge in [0, 0.05) is 43.4 Å². The van der Waals surface area contributed by atoms with Gasteiger partial charge in [0.2, 0.25) is 0 Å². The lowest BCUT2D eigenvalue weighted by atomic mass is 10.2. The molecule has 2 aromatic heterocycles. The monoisotopic (exact) mass is 381 g/mol. The molecule has 0 saturated carbocycles. The van der Waals surface area contributed by atoms with E-state index in [1.807, 2.05) is 29.7 Å². The van der Waals surface area contributed by atoms with Crippen LogP contribution in [0.15, 0.2) is 61.2 Å². The van der Waals surface area contributed by atoms with Crippen LogP contribution in [0.25, 0.3) is 0 Å². The molecule has 0 saturated heterocycles. The number of rotatable bonds is 8. The van der Waals surface area contributed by atoms with Gasteiger partial charge in [-0.3, -0.25) is 4.98 Å². The number of hydrogen-bond acceptors (Lipinski definition) is 3. The van der Waals surface area contributed by atoms with Crippen molar-refractivity contribution < 1.29 is 9.18 Å². The van der Waals surface area contributed by atoms with E-state index in [0.717, 1.165) is 12.0 Å². The summed E-state index contributed by atoms with van der Waals surface area (Å²) in [6, 6.07) is 10.3. The van der Waals surface area contributed by atoms with Crippen molar-refractivity contribution in [3.05, 3.63) is 84.0 Å². The van der Waals surface area contributed by atoms with Crippen LogP contribution in [0.4, 0.5) is 9.18 Å². The van der Waals surface area contributed by atoms with Crippen molar-refractivity contribution in [2.45, 2.75) is 33.0 Å². The predicted octanol–water partition coefficient (Wildman–Crippen LogP) is 3.59. The molecule has 1 aromatic carbocycles. The van der Waals surface area contributed by atoms with Gasteiger partial charge in [0.15, 0.2) is 0 Å². The van der Waals surface area contributed by atoms with Gasteiger partial charge in [-0.1, -0.05) is 31.2 Å². The average molecular weight is 381 g/mol. The Bertz CT molecular complexity index is 897. The Morgan fingerprint density at radius 1 is 1.18 bits per heavy atom. The number of carbonyl (C=O) groups is 1. The van der Waals surface area contributed by atoms with E-state index in [4.69, 9.17) is 0 Å². The number of pyridine rings is 1. The predicted molar refractivity (Wildman–Crippen MR) is 105 cm³/mol. The summed E-state index contributed by atoms with van der Waals surface area (Å²) in [4.78, 5) is 22.8. The van der Waals surface area contributed by atoms with E-state index in [-0.39, 0.29) is 11.8 Å². The largest absolute Gasteiger partial charge is 0.338 e. The van der Waals surface area contributed by atoms with Crippen LogP contribution in [-0.2, 0) is 19.6 Å². The third-order valence-electron chi connectivity index (χ3n) is 4.34. The van der Waals surface area contributed by atoms with Gasteiger partial charge in [0.25, 0.3) is 0 Å². The Kier molecular flexibility index (Phi) is 6.73. The second-order valence-electron chi connectivity index (χ2n) is 6.51. The molecule has 0 spiro atoms. The van der Waals surface area contributed by atoms with Gasteiger partial charge in [-0.2, -0.15) is 0 Å². The van der Waals surface area contributed by atoms with Crippen LogP contribution in [-0.4, -0.2) is 32.0 Å². The summed E-state index contributed by atoms with van der Waals surface area (Å²) >= 11 is 0. The van der Waals surface area contributed by atoms with Crippen LogP contribution in [0.3, 0.4) is 0 Å². The van der Waals surface area contributed by atoms with Crippen molar-refractivity contribution in [3.63, 3.8) is 0 Å². The topological polar surface area (TPSA) is 63.1 Å². The molecule has 2 amide bonds. The number of nitrogens with one attached hydrogen (secondary N) is 1. The molecule has 7 heteroatoms. The van der Waals surface area contributed by atoms with Gasteiger partial charge in [0.1, 0.15) is 11.6 Å². The van der Waals surface area contributed by atoms with Gasteiger partial charge < -0.3 is 14.8 Å². The number of halogens is 1. The van der Waals surface area contributed by atoms with Crippen LogP contribution in [0.5, 0.6) is 0 Å². The standard InChI is InChI=1S/C21H24FN5O/c1-2-9-25-21(28)27(14-17-6-5-10-23-13-17)16-20-24-11-12-26(20)15-18-7-3-4-8-19(18)22/h3-8,10-13H,2,9,14-16H2,1H3,(H,25,28). The molecule has 0 bridgehead atoms. The second-order valence-corrected chi connectivity index (χ2v) is 6.51. The third-order valence-corrected chi connectivity index (χ3v) is 4.34. The third kappa shape index (κ3) is 5.16. The highest BCUT2D eigenvalue weighted by molar-refractivity contribution is 5.74. The van der Waals surface area contributed by atoms with Crippen LogP contribution >= 0.6 is 0 Å². The van der Waals surface area contributed by atoms with E-state index < -0.39 is 0 Å². The quantitative estimate of drug-likeness (QED) is 0.649. The summed E-state index contributed by atoms with van der Waals surface area (Å²) < 4.78 is 15.9. The van der Waals surface area contributed by atoms with E-state index in [2.05, 4.69) is 15.3 Å². The summed E-state index contributed by atoms with van der Waals surface area (Å²) in [5.41, 5.74) is 1.51. The number of carbonyl (C=O) groups excluding carboxylic acids is 1. The molecule has 28 heavy (non-hydrogen) atoms. The highest BCUT2D eigenvalue weighted by Gasteiger charge is 2.17. The minimum atomic E-state index is -0.255. The van der Waals surface area contributed by atoms with E-state index >= 15 is 0 Å². The van der Waals surface area contributed by atoms with Gasteiger partial charge in [-0.25, -0.2) is 14.2 Å². The summed E-state index contributed by atoms with van der Waals surface area (Å²) in [6.45, 7) is 3.69. The lowest BCUT2D eigenvalue weighted by Gasteiger charge is -2.23. The zero-order chi connectivity index (χ0) is 19.8. The fourth-order valence-corrected chi connectivity index (χ4v) is 2.87. The van der Waals surface area contributed by atoms with E-state index in [1.54, 1.807) is 41.8 Å². The molecule has 2 heterocycles. The van der Waals surface area contributed by atoms with E-state index in [1.165, 1.54) is 6.07 Å². The molecule has 0 unspecified atom stereocenters. The first-order valence-corrected chi connectivity index (χ1v) is 9.32. The first kappa shape index (κ1) is 19.5. The maximum atomic E-state index is 14.0. The van der Waals surface area contributed by atoms with Gasteiger partial charge in [-0.15, -0.1) is 0 Å². The Morgan fingerprint density at radius 3 is 2.79 bits per heavy atom. The Morgan fingerprint density at radius 2 is 2.04 bits per heavy atom. The normalized spacial score (nSPS) is 10.6. The molecule has 0 aliphatic carbocycles. The fourth-order valence-electron chi connectivity index (χ4n) is 2.87. The van der Waals surface area contributed by atoms with Gasteiger partial charge >= 0.3 is 6.03 Å². The number of hydrogen-bond donors (Lipinski definition) is 1. The smallest absolute Gasteiger partial charge is 0.318 e. The highest BCUT2D eigenvalue weighted by atomic mass is 19.1. The lowest BCUT2D eigenvalue weighted by molar-refractivity contribution is 0.190. The van der Waals surface area contributed by atoms with Crippen molar-refractivity contribution in [2.75, 3.05) is 6.54 Å². The summed E-state index contributed by atoms with van der Waals surface area (Å²) in [6.07, 6.45) is 7.77. The number of imidazole rings is 1. The lowest BCUT2D eigenvalue weighted by Crippen LogP contribution is -2.40. The number of urea groups is 1. The molecule has 0 atom stereocenters. The molecule has 0 radical (unpaired) electrons. The second kappa shape index (κ2) is 9.64. The van der Waals surface area contributed by atoms with Crippen molar-refractivity contribution in [1.29, 1.82) is 0 Å². The molecule has 3 rings (SSSR count). The maximum Gasteiger partial charge on any atom is 0.318 e. The molecule has 0 aliphatic heterocycles. The minimum absolute atomic E-state index is 0.161. The number of benzene rings is 1. The zero-order valence-corrected chi connectivity index (χ0v) is 15.9. The first-order valence-electron chi connectivity index (χ1n) is 9.32. The Balaban J connectivity index is 1.78. The van der Waals surface area contributed by atoms with Crippen molar-refractivity contribution >= 4 is 6.03 Å². The highest BCUT2D eigenvalue weighted by Crippen LogP contribution is 2.13. The summed E-state index contributed by atoms with van der Waals surface area (Å²) in [5, 5.41) is 2.91. The van der Waals surface area contributed by atoms with Crippen LogP contribution in [0, 0.1) is 5.82 Å². The maximum absolute atomic E-state index is 14.0. The van der Waals surface area contributed by atoms with E-state index in [0.29, 0.717) is 37.6 Å². The first-order chi connectivity index (χ1) is 13.7. The molecule has 3 aromatic rings. The van der Waals surface area contributed by atoms with Gasteiger partial charge in [0.05, 0.1) is 13.1 Å². The number of aromatic nitrogens is 3. The Hall–Kier alpha value is -3.22. The fraction of sp³-hybridized carbons (Fsp3) is 0.286. The molecule has 0 fully saturated rings. The summed E-state index contributed by atoms with van der Waals surface area (Å²) in [7, 11) is 0. The SMILES string of the molecule is CCCNC(=O)N(Cc1cccnc1)Cc1nccn1Cc1ccccc1F. The van der Waals surface area contributed by atoms with Gasteiger partial charge in [-0.05, 0) is 24.1 Å². The Labute approximate surface area is 164 Å².